The van der Waals surface area contributed by atoms with Crippen molar-refractivity contribution in [3.05, 3.63) is 63.7 Å². The van der Waals surface area contributed by atoms with Crippen molar-refractivity contribution in [2.45, 2.75) is 26.8 Å². The van der Waals surface area contributed by atoms with E-state index in [1.807, 2.05) is 25.1 Å². The lowest BCUT2D eigenvalue weighted by atomic mass is 10.0. The number of piperazine rings is 1. The van der Waals surface area contributed by atoms with Crippen molar-refractivity contribution in [1.29, 1.82) is 0 Å². The van der Waals surface area contributed by atoms with Gasteiger partial charge in [-0.15, -0.1) is 11.3 Å². The molecule has 1 fully saturated rings. The van der Waals surface area contributed by atoms with E-state index < -0.39 is 0 Å². The molecule has 27 heavy (non-hydrogen) atoms. The van der Waals surface area contributed by atoms with Gasteiger partial charge in [0.1, 0.15) is 4.83 Å². The van der Waals surface area contributed by atoms with Crippen LogP contribution in [0.4, 0.5) is 0 Å². The first kappa shape index (κ1) is 18.1. The van der Waals surface area contributed by atoms with Gasteiger partial charge in [-0.1, -0.05) is 30.3 Å². The fraction of sp³-hybridized carbons (Fsp3) is 0.364. The third kappa shape index (κ3) is 3.26. The Bertz CT molecular complexity index is 996. The Morgan fingerprint density at radius 1 is 1.15 bits per heavy atom. The monoisotopic (exact) mass is 379 g/mol. The normalized spacial score (nSPS) is 18.2. The van der Waals surface area contributed by atoms with Crippen LogP contribution < -0.4 is 0 Å². The summed E-state index contributed by atoms with van der Waals surface area (Å²) in [5.41, 5.74) is 4.46. The molecular formula is C22H25N3OS. The molecule has 1 aliphatic heterocycles. The first-order valence-electron chi connectivity index (χ1n) is 9.37. The third-order valence-corrected chi connectivity index (χ3v) is 6.62. The highest BCUT2D eigenvalue weighted by Gasteiger charge is 2.32. The van der Waals surface area contributed by atoms with E-state index >= 15 is 0 Å². The number of hydrogen-bond acceptors (Lipinski definition) is 4. The van der Waals surface area contributed by atoms with E-state index in [1.54, 1.807) is 0 Å². The molecule has 5 heteroatoms. The Morgan fingerprint density at radius 3 is 2.63 bits per heavy atom. The largest absolute Gasteiger partial charge is 0.328 e. The van der Waals surface area contributed by atoms with Crippen molar-refractivity contribution in [2.75, 3.05) is 26.7 Å². The lowest BCUT2D eigenvalue weighted by Gasteiger charge is -2.40. The highest BCUT2D eigenvalue weighted by atomic mass is 32.1. The molecule has 1 unspecified atom stereocenters. The first-order chi connectivity index (χ1) is 13.0. The van der Waals surface area contributed by atoms with Crippen LogP contribution in [0.25, 0.3) is 10.2 Å². The predicted molar refractivity (Wildman–Crippen MR) is 112 cm³/mol. The zero-order valence-electron chi connectivity index (χ0n) is 16.3. The number of hydrogen-bond donors (Lipinski definition) is 0. The van der Waals surface area contributed by atoms with Gasteiger partial charge in [-0.25, -0.2) is 4.98 Å². The van der Waals surface area contributed by atoms with Gasteiger partial charge in [-0.3, -0.25) is 4.79 Å². The number of carbonyl (C=O) groups excluding carboxylic acids is 1. The maximum atomic E-state index is 13.6. The number of amides is 1. The number of pyridine rings is 1. The van der Waals surface area contributed by atoms with Gasteiger partial charge in [0.2, 0.25) is 0 Å². The molecule has 0 aliphatic carbocycles. The zero-order chi connectivity index (χ0) is 19.1. The van der Waals surface area contributed by atoms with Gasteiger partial charge in [0.25, 0.3) is 5.91 Å². The molecule has 0 spiro atoms. The molecule has 1 aliphatic rings. The predicted octanol–water partition coefficient (Wildman–Crippen LogP) is 4.35. The fourth-order valence-electron chi connectivity index (χ4n) is 4.08. The number of nitrogens with zero attached hydrogens (tertiary/aromatic N) is 3. The smallest absolute Gasteiger partial charge is 0.264 e. The fourth-order valence-corrected chi connectivity index (χ4v) is 5.34. The minimum absolute atomic E-state index is 0.0813. The van der Waals surface area contributed by atoms with E-state index in [1.165, 1.54) is 22.5 Å². The standard InChI is InChI=1S/C22H25N3OS/c1-14-12-15(2)23-21-19(14)16(3)20(27-21)22(26)25-11-10-24(4)13-18(25)17-8-6-5-7-9-17/h5-9,12,18H,10-11,13H2,1-4H3. The van der Waals surface area contributed by atoms with Crippen LogP contribution >= 0.6 is 11.3 Å². The van der Waals surface area contributed by atoms with Crippen LogP contribution in [-0.2, 0) is 0 Å². The van der Waals surface area contributed by atoms with Gasteiger partial charge in [0.05, 0.1) is 10.9 Å². The molecule has 0 saturated carbocycles. The van der Waals surface area contributed by atoms with E-state index in [4.69, 9.17) is 0 Å². The van der Waals surface area contributed by atoms with Crippen molar-refractivity contribution in [2.24, 2.45) is 0 Å². The molecule has 3 aromatic rings. The minimum Gasteiger partial charge on any atom is -0.328 e. The number of rotatable bonds is 2. The van der Waals surface area contributed by atoms with Crippen molar-refractivity contribution < 1.29 is 4.79 Å². The van der Waals surface area contributed by atoms with E-state index in [0.29, 0.717) is 0 Å². The molecule has 1 amide bonds. The second kappa shape index (κ2) is 7.06. The SMILES string of the molecule is Cc1cc(C)c2c(C)c(C(=O)N3CCN(C)CC3c3ccccc3)sc2n1. The van der Waals surface area contributed by atoms with Crippen LogP contribution in [0.15, 0.2) is 36.4 Å². The topological polar surface area (TPSA) is 36.4 Å². The number of fused-ring (bicyclic) bond motifs is 1. The summed E-state index contributed by atoms with van der Waals surface area (Å²) < 4.78 is 0. The van der Waals surface area contributed by atoms with Crippen LogP contribution in [0.3, 0.4) is 0 Å². The molecule has 0 N–H and O–H groups in total. The Labute approximate surface area is 164 Å². The van der Waals surface area contributed by atoms with Crippen LogP contribution in [-0.4, -0.2) is 47.4 Å². The number of thiophene rings is 1. The lowest BCUT2D eigenvalue weighted by Crippen LogP contribution is -2.49. The van der Waals surface area contributed by atoms with Crippen molar-refractivity contribution in [1.82, 2.24) is 14.8 Å². The number of aryl methyl sites for hydroxylation is 3. The van der Waals surface area contributed by atoms with Crippen LogP contribution in [0.1, 0.15) is 38.1 Å². The molecule has 3 heterocycles. The lowest BCUT2D eigenvalue weighted by molar-refractivity contribution is 0.0502. The second-order valence-corrected chi connectivity index (χ2v) is 8.50. The number of likely N-dealkylation sites (N-methyl/N-ethyl adjacent to an activating group) is 1. The molecule has 1 saturated heterocycles. The number of benzene rings is 1. The number of carbonyl (C=O) groups is 1. The van der Waals surface area contributed by atoms with E-state index in [9.17, 15) is 4.79 Å². The average molecular weight is 380 g/mol. The Balaban J connectivity index is 1.76. The van der Waals surface area contributed by atoms with Gasteiger partial charge in [-0.2, -0.15) is 0 Å². The highest BCUT2D eigenvalue weighted by molar-refractivity contribution is 7.20. The first-order valence-corrected chi connectivity index (χ1v) is 10.2. The summed E-state index contributed by atoms with van der Waals surface area (Å²) in [5.74, 6) is 0.134. The van der Waals surface area contributed by atoms with Gasteiger partial charge in [-0.05, 0) is 50.6 Å². The summed E-state index contributed by atoms with van der Waals surface area (Å²) in [4.78, 5) is 24.4. The van der Waals surface area contributed by atoms with Gasteiger partial charge in [0, 0.05) is 30.7 Å². The molecule has 2 aromatic heterocycles. The molecular weight excluding hydrogens is 354 g/mol. The second-order valence-electron chi connectivity index (χ2n) is 7.50. The highest BCUT2D eigenvalue weighted by Crippen LogP contribution is 2.35. The summed E-state index contributed by atoms with van der Waals surface area (Å²) in [6.45, 7) is 8.67. The van der Waals surface area contributed by atoms with Gasteiger partial charge in [0.15, 0.2) is 0 Å². The number of aromatic nitrogens is 1. The quantitative estimate of drug-likeness (QED) is 0.664. The molecule has 4 nitrogen and oxygen atoms in total. The summed E-state index contributed by atoms with van der Waals surface area (Å²) >= 11 is 1.54. The molecule has 1 atom stereocenters. The maximum Gasteiger partial charge on any atom is 0.264 e. The molecule has 1 aromatic carbocycles. The zero-order valence-corrected chi connectivity index (χ0v) is 17.1. The van der Waals surface area contributed by atoms with Crippen LogP contribution in [0, 0.1) is 20.8 Å². The maximum absolute atomic E-state index is 13.6. The van der Waals surface area contributed by atoms with E-state index in [2.05, 4.69) is 53.9 Å². The van der Waals surface area contributed by atoms with E-state index in [-0.39, 0.29) is 11.9 Å². The summed E-state index contributed by atoms with van der Waals surface area (Å²) in [5, 5.41) is 1.14. The Morgan fingerprint density at radius 2 is 1.89 bits per heavy atom. The summed E-state index contributed by atoms with van der Waals surface area (Å²) in [6, 6.07) is 12.5. The average Bonchev–Trinajstić information content (AvgIpc) is 2.98. The van der Waals surface area contributed by atoms with Crippen molar-refractivity contribution in [3.8, 4) is 0 Å². The molecule has 0 bridgehead atoms. The van der Waals surface area contributed by atoms with Crippen molar-refractivity contribution in [3.63, 3.8) is 0 Å². The van der Waals surface area contributed by atoms with Crippen LogP contribution in [0.2, 0.25) is 0 Å². The molecule has 0 radical (unpaired) electrons. The van der Waals surface area contributed by atoms with Crippen molar-refractivity contribution >= 4 is 27.5 Å². The summed E-state index contributed by atoms with van der Waals surface area (Å²) in [6.07, 6.45) is 0. The summed E-state index contributed by atoms with van der Waals surface area (Å²) in [7, 11) is 2.12. The molecule has 4 rings (SSSR count). The Hall–Kier alpha value is -2.24. The van der Waals surface area contributed by atoms with Gasteiger partial charge >= 0.3 is 0 Å². The van der Waals surface area contributed by atoms with Crippen LogP contribution in [0.5, 0.6) is 0 Å². The molecule has 140 valence electrons. The Kier molecular flexibility index (Phi) is 4.74. The minimum atomic E-state index is 0.0813. The van der Waals surface area contributed by atoms with E-state index in [0.717, 1.165) is 46.0 Å². The van der Waals surface area contributed by atoms with Gasteiger partial charge < -0.3 is 9.80 Å². The third-order valence-electron chi connectivity index (χ3n) is 5.45.